The lowest BCUT2D eigenvalue weighted by Gasteiger charge is -2.13. The molecule has 0 spiro atoms. The van der Waals surface area contributed by atoms with Gasteiger partial charge in [0, 0.05) is 11.4 Å². The topological polar surface area (TPSA) is 55.1 Å². The van der Waals surface area contributed by atoms with Crippen LogP contribution in [0.25, 0.3) is 0 Å². The highest BCUT2D eigenvalue weighted by Gasteiger charge is 2.33. The summed E-state index contributed by atoms with van der Waals surface area (Å²) in [5, 5.41) is 2.46. The normalized spacial score (nSPS) is 13.0. The first-order chi connectivity index (χ1) is 9.74. The van der Waals surface area contributed by atoms with Crippen LogP contribution in [0.3, 0.4) is 0 Å². The van der Waals surface area contributed by atoms with Gasteiger partial charge < -0.3 is 11.1 Å². The van der Waals surface area contributed by atoms with E-state index in [0.29, 0.717) is 5.92 Å². The number of halogens is 3. The van der Waals surface area contributed by atoms with Gasteiger partial charge in [-0.05, 0) is 29.9 Å². The van der Waals surface area contributed by atoms with Crippen molar-refractivity contribution >= 4 is 29.0 Å². The minimum absolute atomic E-state index is 0.102. The first-order valence-corrected chi connectivity index (χ1v) is 7.73. The fourth-order valence-electron chi connectivity index (χ4n) is 1.55. The minimum Gasteiger partial charge on any atom is -0.398 e. The van der Waals surface area contributed by atoms with Crippen molar-refractivity contribution in [2.45, 2.75) is 26.4 Å². The highest BCUT2D eigenvalue weighted by atomic mass is 32.2. The Hall–Kier alpha value is -1.37. The van der Waals surface area contributed by atoms with Crippen LogP contribution in [0.15, 0.2) is 18.2 Å². The van der Waals surface area contributed by atoms with Crippen molar-refractivity contribution in [2.24, 2.45) is 5.92 Å². The molecule has 3 nitrogen and oxygen atoms in total. The second-order valence-electron chi connectivity index (χ2n) is 4.88. The first-order valence-electron chi connectivity index (χ1n) is 6.58. The van der Waals surface area contributed by atoms with Crippen molar-refractivity contribution in [1.29, 1.82) is 0 Å². The first kappa shape index (κ1) is 17.7. The van der Waals surface area contributed by atoms with Gasteiger partial charge in [0.1, 0.15) is 0 Å². The molecule has 1 aromatic rings. The van der Waals surface area contributed by atoms with Gasteiger partial charge in [0.25, 0.3) is 0 Å². The third-order valence-electron chi connectivity index (χ3n) is 2.97. The molecule has 0 heterocycles. The van der Waals surface area contributed by atoms with Gasteiger partial charge in [-0.2, -0.15) is 24.9 Å². The van der Waals surface area contributed by atoms with E-state index in [-0.39, 0.29) is 23.0 Å². The van der Waals surface area contributed by atoms with Crippen molar-refractivity contribution < 1.29 is 18.0 Å². The lowest BCUT2D eigenvalue weighted by atomic mass is 10.1. The molecule has 0 radical (unpaired) electrons. The fourth-order valence-corrected chi connectivity index (χ4v) is 2.56. The molecule has 1 amide bonds. The number of rotatable bonds is 6. The number of nitrogen functional groups attached to an aromatic ring is 1. The Morgan fingerprint density at radius 2 is 2.10 bits per heavy atom. The van der Waals surface area contributed by atoms with E-state index in [4.69, 9.17) is 5.73 Å². The Bertz CT molecular complexity index is 492. The van der Waals surface area contributed by atoms with Crippen molar-refractivity contribution in [2.75, 3.05) is 22.6 Å². The van der Waals surface area contributed by atoms with Crippen LogP contribution in [0.1, 0.15) is 25.8 Å². The molecule has 1 rings (SSSR count). The highest BCUT2D eigenvalue weighted by Crippen LogP contribution is 2.35. The van der Waals surface area contributed by atoms with Crippen molar-refractivity contribution in [3.63, 3.8) is 0 Å². The van der Waals surface area contributed by atoms with Crippen LogP contribution in [0, 0.1) is 5.92 Å². The van der Waals surface area contributed by atoms with Crippen LogP contribution in [0.4, 0.5) is 24.5 Å². The molecule has 1 atom stereocenters. The van der Waals surface area contributed by atoms with Gasteiger partial charge in [-0.3, -0.25) is 4.79 Å². The molecule has 1 unspecified atom stereocenters. The third kappa shape index (κ3) is 5.87. The third-order valence-corrected chi connectivity index (χ3v) is 4.25. The molecule has 0 aliphatic heterocycles. The Balaban J connectivity index is 2.61. The molecule has 0 aliphatic carbocycles. The highest BCUT2D eigenvalue weighted by molar-refractivity contribution is 7.99. The van der Waals surface area contributed by atoms with Crippen LogP contribution in [0.2, 0.25) is 0 Å². The molecule has 0 fully saturated rings. The Labute approximate surface area is 126 Å². The lowest BCUT2D eigenvalue weighted by Crippen LogP contribution is -2.16. The van der Waals surface area contributed by atoms with Gasteiger partial charge in [-0.1, -0.05) is 20.3 Å². The van der Waals surface area contributed by atoms with E-state index in [1.165, 1.54) is 17.8 Å². The van der Waals surface area contributed by atoms with E-state index in [9.17, 15) is 18.0 Å². The number of anilines is 2. The smallest absolute Gasteiger partial charge is 0.398 e. The molecule has 0 aromatic heterocycles. The number of amides is 1. The molecular weight excluding hydrogens is 301 g/mol. The Morgan fingerprint density at radius 1 is 1.43 bits per heavy atom. The average molecular weight is 320 g/mol. The van der Waals surface area contributed by atoms with Crippen molar-refractivity contribution in [1.82, 2.24) is 0 Å². The summed E-state index contributed by atoms with van der Waals surface area (Å²) in [5.41, 5.74) is 4.11. The summed E-state index contributed by atoms with van der Waals surface area (Å²) in [6.07, 6.45) is -3.50. The van der Waals surface area contributed by atoms with Crippen LogP contribution in [0.5, 0.6) is 0 Å². The number of carbonyl (C=O) groups excluding carboxylic acids is 1. The zero-order valence-corrected chi connectivity index (χ0v) is 12.8. The van der Waals surface area contributed by atoms with E-state index >= 15 is 0 Å². The standard InChI is InChI=1S/C14H19F3N2OS/c1-3-9(2)7-21-8-13(20)19-10-4-5-12(18)11(6-10)14(15,16)17/h4-6,9H,3,7-8,18H2,1-2H3,(H,19,20). The van der Waals surface area contributed by atoms with Gasteiger partial charge in [0.15, 0.2) is 0 Å². The van der Waals surface area contributed by atoms with E-state index in [2.05, 4.69) is 19.2 Å². The van der Waals surface area contributed by atoms with Crippen molar-refractivity contribution in [3.05, 3.63) is 23.8 Å². The van der Waals surface area contributed by atoms with E-state index < -0.39 is 11.7 Å². The van der Waals surface area contributed by atoms with E-state index in [0.717, 1.165) is 24.3 Å². The largest absolute Gasteiger partial charge is 0.418 e. The summed E-state index contributed by atoms with van der Waals surface area (Å²) in [7, 11) is 0. The molecule has 0 aliphatic rings. The summed E-state index contributed by atoms with van der Waals surface area (Å²) in [5.74, 6) is 1.26. The molecule has 21 heavy (non-hydrogen) atoms. The number of nitrogens with two attached hydrogens (primary N) is 1. The van der Waals surface area contributed by atoms with Crippen LogP contribution in [-0.2, 0) is 11.0 Å². The molecule has 7 heteroatoms. The summed E-state index contributed by atoms with van der Waals surface area (Å²) in [6.45, 7) is 4.15. The van der Waals surface area contributed by atoms with Crippen LogP contribution in [-0.4, -0.2) is 17.4 Å². The van der Waals surface area contributed by atoms with Gasteiger partial charge in [-0.25, -0.2) is 0 Å². The number of benzene rings is 1. The van der Waals surface area contributed by atoms with Crippen LogP contribution >= 0.6 is 11.8 Å². The second-order valence-corrected chi connectivity index (χ2v) is 5.91. The minimum atomic E-state index is -4.53. The van der Waals surface area contributed by atoms with Crippen LogP contribution < -0.4 is 11.1 Å². The summed E-state index contributed by atoms with van der Waals surface area (Å²) in [4.78, 5) is 11.7. The fraction of sp³-hybridized carbons (Fsp3) is 0.500. The zero-order chi connectivity index (χ0) is 16.0. The molecule has 118 valence electrons. The Morgan fingerprint density at radius 3 is 2.67 bits per heavy atom. The molecular formula is C14H19F3N2OS. The number of alkyl halides is 3. The Kier molecular flexibility index (Phi) is 6.39. The van der Waals surface area contributed by atoms with Gasteiger partial charge in [0.2, 0.25) is 5.91 Å². The molecule has 0 bridgehead atoms. The van der Waals surface area contributed by atoms with Gasteiger partial charge in [-0.15, -0.1) is 0 Å². The summed E-state index contributed by atoms with van der Waals surface area (Å²) in [6, 6.07) is 3.36. The lowest BCUT2D eigenvalue weighted by molar-refractivity contribution is -0.136. The summed E-state index contributed by atoms with van der Waals surface area (Å²) >= 11 is 1.47. The predicted molar refractivity (Wildman–Crippen MR) is 81.3 cm³/mol. The molecule has 3 N–H and O–H groups in total. The SMILES string of the molecule is CCC(C)CSCC(=O)Nc1ccc(N)c(C(F)(F)F)c1. The monoisotopic (exact) mass is 320 g/mol. The molecule has 1 aromatic carbocycles. The molecule has 0 saturated heterocycles. The maximum absolute atomic E-state index is 12.7. The number of thioether (sulfide) groups is 1. The average Bonchev–Trinajstić information content (AvgIpc) is 2.39. The number of nitrogens with one attached hydrogen (secondary N) is 1. The zero-order valence-electron chi connectivity index (χ0n) is 12.0. The van der Waals surface area contributed by atoms with E-state index in [1.807, 2.05) is 0 Å². The number of carbonyl (C=O) groups is 1. The van der Waals surface area contributed by atoms with Gasteiger partial charge in [0.05, 0.1) is 11.3 Å². The van der Waals surface area contributed by atoms with Crippen molar-refractivity contribution in [3.8, 4) is 0 Å². The molecule has 0 saturated carbocycles. The summed E-state index contributed by atoms with van der Waals surface area (Å²) < 4.78 is 38.1. The maximum atomic E-state index is 12.7. The predicted octanol–water partition coefficient (Wildman–Crippen LogP) is 4.01. The van der Waals surface area contributed by atoms with E-state index in [1.54, 1.807) is 0 Å². The second kappa shape index (κ2) is 7.59. The number of hydrogen-bond donors (Lipinski definition) is 2. The quantitative estimate of drug-likeness (QED) is 0.779. The maximum Gasteiger partial charge on any atom is 0.418 e. The number of hydrogen-bond acceptors (Lipinski definition) is 3. The van der Waals surface area contributed by atoms with Gasteiger partial charge >= 0.3 is 6.18 Å².